The van der Waals surface area contributed by atoms with Crippen molar-refractivity contribution in [1.82, 2.24) is 0 Å². The van der Waals surface area contributed by atoms with E-state index in [4.69, 9.17) is 9.84 Å². The Morgan fingerprint density at radius 3 is 2.70 bits per heavy atom. The summed E-state index contributed by atoms with van der Waals surface area (Å²) in [7, 11) is 0. The third kappa shape index (κ3) is 4.89. The molecule has 1 unspecified atom stereocenters. The number of fused-ring (bicyclic) bond motifs is 2. The van der Waals surface area contributed by atoms with E-state index < -0.39 is 12.1 Å². The average molecular weight is 405 g/mol. The Morgan fingerprint density at radius 1 is 1.10 bits per heavy atom. The van der Waals surface area contributed by atoms with Crippen LogP contribution in [-0.2, 0) is 11.2 Å². The summed E-state index contributed by atoms with van der Waals surface area (Å²) >= 11 is 0. The van der Waals surface area contributed by atoms with Crippen LogP contribution < -0.4 is 0 Å². The molecule has 0 amide bonds. The molecule has 156 valence electrons. The molecule has 2 aliphatic heterocycles. The quantitative estimate of drug-likeness (QED) is 0.624. The molecule has 30 heavy (non-hydrogen) atoms. The van der Waals surface area contributed by atoms with Gasteiger partial charge >= 0.3 is 5.97 Å². The molecule has 2 aliphatic rings. The Balaban J connectivity index is 1.38. The molecule has 0 aliphatic carbocycles. The molecule has 2 aromatic carbocycles. The van der Waals surface area contributed by atoms with E-state index in [-0.39, 0.29) is 12.2 Å². The van der Waals surface area contributed by atoms with E-state index in [0.717, 1.165) is 30.4 Å². The molecule has 2 aromatic rings. The second kappa shape index (κ2) is 9.41. The van der Waals surface area contributed by atoms with Crippen LogP contribution >= 0.6 is 0 Å². The molecule has 4 heteroatoms. The van der Waals surface area contributed by atoms with Crippen molar-refractivity contribution in [3.63, 3.8) is 0 Å². The predicted molar refractivity (Wildman–Crippen MR) is 117 cm³/mol. The van der Waals surface area contributed by atoms with E-state index >= 15 is 0 Å². The Hall–Kier alpha value is -2.69. The number of carboxylic acid groups (broad SMARTS) is 1. The Labute approximate surface area is 177 Å². The highest BCUT2D eigenvalue weighted by Crippen LogP contribution is 2.46. The van der Waals surface area contributed by atoms with E-state index in [1.807, 2.05) is 48.6 Å². The minimum absolute atomic E-state index is 0.240. The maximum atomic E-state index is 11.1. The van der Waals surface area contributed by atoms with Crippen LogP contribution in [0.25, 0.3) is 6.08 Å². The lowest BCUT2D eigenvalue weighted by molar-refractivity contribution is 0.0696. The summed E-state index contributed by atoms with van der Waals surface area (Å²) in [6.45, 7) is 0. The van der Waals surface area contributed by atoms with Crippen LogP contribution in [0.2, 0.25) is 0 Å². The lowest BCUT2D eigenvalue weighted by Crippen LogP contribution is -2.25. The van der Waals surface area contributed by atoms with Gasteiger partial charge in [0.15, 0.2) is 0 Å². The molecule has 2 saturated heterocycles. The summed E-state index contributed by atoms with van der Waals surface area (Å²) in [5.74, 6) is -0.210. The monoisotopic (exact) mass is 404 g/mol. The zero-order valence-electron chi connectivity index (χ0n) is 16.9. The number of hydrogen-bond donors (Lipinski definition) is 2. The fourth-order valence-electron chi connectivity index (χ4n) is 4.70. The van der Waals surface area contributed by atoms with Crippen molar-refractivity contribution in [2.75, 3.05) is 0 Å². The minimum Gasteiger partial charge on any atom is -0.478 e. The number of hydrogen-bond acceptors (Lipinski definition) is 3. The summed E-state index contributed by atoms with van der Waals surface area (Å²) in [5.41, 5.74) is 2.32. The molecule has 0 saturated carbocycles. The van der Waals surface area contributed by atoms with Gasteiger partial charge in [0.25, 0.3) is 0 Å². The topological polar surface area (TPSA) is 66.8 Å². The van der Waals surface area contributed by atoms with Gasteiger partial charge in [-0.15, -0.1) is 0 Å². The van der Waals surface area contributed by atoms with Gasteiger partial charge < -0.3 is 14.9 Å². The van der Waals surface area contributed by atoms with Crippen LogP contribution in [0.15, 0.2) is 72.8 Å². The average Bonchev–Trinajstić information content (AvgIpc) is 3.35. The number of benzene rings is 2. The van der Waals surface area contributed by atoms with Crippen molar-refractivity contribution in [2.24, 2.45) is 11.8 Å². The highest BCUT2D eigenvalue weighted by Gasteiger charge is 2.46. The second-order valence-corrected chi connectivity index (χ2v) is 8.24. The highest BCUT2D eigenvalue weighted by atomic mass is 16.5. The van der Waals surface area contributed by atoms with E-state index in [1.54, 1.807) is 18.2 Å². The molecular weight excluding hydrogens is 376 g/mol. The molecule has 4 rings (SSSR count). The first kappa shape index (κ1) is 20.6. The number of aliphatic hydroxyl groups is 1. The SMILES string of the molecule is O=C(O)c1cccc(C=CC[C@@H]2[C@H](C=CC(O)Cc3ccccc3)[C@@H]3CC[C@H]2O3)c1. The van der Waals surface area contributed by atoms with Gasteiger partial charge in [-0.3, -0.25) is 0 Å². The predicted octanol–water partition coefficient (Wildman–Crippen LogP) is 4.74. The zero-order valence-corrected chi connectivity index (χ0v) is 16.9. The molecule has 0 spiro atoms. The summed E-state index contributed by atoms with van der Waals surface area (Å²) in [5, 5.41) is 19.6. The van der Waals surface area contributed by atoms with Crippen molar-refractivity contribution < 1.29 is 19.7 Å². The van der Waals surface area contributed by atoms with Crippen LogP contribution in [0.4, 0.5) is 0 Å². The van der Waals surface area contributed by atoms with E-state index in [0.29, 0.717) is 23.8 Å². The number of aromatic carboxylic acids is 1. The number of ether oxygens (including phenoxy) is 1. The standard InChI is InChI=1S/C26H28O4/c27-21(17-19-6-2-1-3-7-19)12-13-23-22(24-14-15-25(23)30-24)11-5-9-18-8-4-10-20(16-18)26(28)29/h1-10,12-13,16,21-25,27H,11,14-15,17H2,(H,28,29)/t21?,22-,23+,24-,25+/m1/s1. The maximum Gasteiger partial charge on any atom is 0.335 e. The Bertz CT molecular complexity index is 918. The normalized spacial score (nSPS) is 26.6. The summed E-state index contributed by atoms with van der Waals surface area (Å²) in [6.07, 6.45) is 11.9. The van der Waals surface area contributed by atoms with Gasteiger partial charge in [0.1, 0.15) is 0 Å². The molecular formula is C26H28O4. The summed E-state index contributed by atoms with van der Waals surface area (Å²) in [6, 6.07) is 17.0. The minimum atomic E-state index is -0.911. The second-order valence-electron chi connectivity index (χ2n) is 8.24. The number of allylic oxidation sites excluding steroid dienone is 1. The number of aliphatic hydroxyl groups excluding tert-OH is 1. The number of carboxylic acids is 1. The van der Waals surface area contributed by atoms with Crippen LogP contribution in [-0.4, -0.2) is 34.5 Å². The maximum absolute atomic E-state index is 11.1. The van der Waals surface area contributed by atoms with Crippen molar-refractivity contribution >= 4 is 12.0 Å². The summed E-state index contributed by atoms with van der Waals surface area (Å²) in [4.78, 5) is 11.1. The van der Waals surface area contributed by atoms with Crippen LogP contribution in [0, 0.1) is 11.8 Å². The lowest BCUT2D eigenvalue weighted by atomic mass is 9.77. The van der Waals surface area contributed by atoms with Gasteiger partial charge in [-0.2, -0.15) is 0 Å². The van der Waals surface area contributed by atoms with E-state index in [9.17, 15) is 9.90 Å². The molecule has 0 radical (unpaired) electrons. The van der Waals surface area contributed by atoms with Crippen molar-refractivity contribution in [3.05, 3.63) is 89.5 Å². The fourth-order valence-corrected chi connectivity index (χ4v) is 4.70. The smallest absolute Gasteiger partial charge is 0.335 e. The zero-order chi connectivity index (χ0) is 20.9. The fraction of sp³-hybridized carbons (Fsp3) is 0.346. The third-order valence-corrected chi connectivity index (χ3v) is 6.18. The first-order valence-corrected chi connectivity index (χ1v) is 10.7. The Morgan fingerprint density at radius 2 is 1.90 bits per heavy atom. The van der Waals surface area contributed by atoms with Crippen LogP contribution in [0.3, 0.4) is 0 Å². The molecule has 2 heterocycles. The van der Waals surface area contributed by atoms with Gasteiger partial charge in [0.2, 0.25) is 0 Å². The molecule has 2 N–H and O–H groups in total. The Kier molecular flexibility index (Phi) is 6.46. The van der Waals surface area contributed by atoms with Gasteiger partial charge in [0.05, 0.1) is 23.9 Å². The van der Waals surface area contributed by atoms with Gasteiger partial charge in [-0.1, -0.05) is 66.8 Å². The molecule has 4 nitrogen and oxygen atoms in total. The van der Waals surface area contributed by atoms with E-state index in [2.05, 4.69) is 12.2 Å². The first-order chi connectivity index (χ1) is 14.6. The van der Waals surface area contributed by atoms with Gasteiger partial charge in [-0.25, -0.2) is 4.79 Å². The first-order valence-electron chi connectivity index (χ1n) is 10.7. The molecule has 0 aromatic heterocycles. The van der Waals surface area contributed by atoms with Gasteiger partial charge in [-0.05, 0) is 48.4 Å². The summed E-state index contributed by atoms with van der Waals surface area (Å²) < 4.78 is 6.16. The number of rotatable bonds is 8. The van der Waals surface area contributed by atoms with Crippen molar-refractivity contribution in [1.29, 1.82) is 0 Å². The van der Waals surface area contributed by atoms with Crippen LogP contribution in [0.5, 0.6) is 0 Å². The largest absolute Gasteiger partial charge is 0.478 e. The molecule has 2 bridgehead atoms. The van der Waals surface area contributed by atoms with Crippen molar-refractivity contribution in [3.8, 4) is 0 Å². The van der Waals surface area contributed by atoms with Crippen molar-refractivity contribution in [2.45, 2.75) is 44.0 Å². The molecule has 5 atom stereocenters. The third-order valence-electron chi connectivity index (χ3n) is 6.18. The number of carbonyl (C=O) groups is 1. The highest BCUT2D eigenvalue weighted by molar-refractivity contribution is 5.88. The van der Waals surface area contributed by atoms with Gasteiger partial charge in [0, 0.05) is 12.3 Å². The molecule has 2 fully saturated rings. The van der Waals surface area contributed by atoms with E-state index in [1.165, 1.54) is 0 Å². The van der Waals surface area contributed by atoms with Crippen LogP contribution in [0.1, 0.15) is 40.7 Å². The lowest BCUT2D eigenvalue weighted by Gasteiger charge is -2.25.